The van der Waals surface area contributed by atoms with E-state index in [0.29, 0.717) is 12.5 Å². The normalized spacial score (nSPS) is 15.0. The summed E-state index contributed by atoms with van der Waals surface area (Å²) in [5.74, 6) is 2.90. The molecule has 1 aliphatic heterocycles. The molecule has 8 nitrogen and oxygen atoms in total. The Bertz CT molecular complexity index is 719. The van der Waals surface area contributed by atoms with Crippen molar-refractivity contribution in [3.8, 4) is 11.5 Å². The average Bonchev–Trinajstić information content (AvgIpc) is 2.68. The van der Waals surface area contributed by atoms with E-state index in [0.717, 1.165) is 55.5 Å². The van der Waals surface area contributed by atoms with E-state index < -0.39 is 0 Å². The minimum absolute atomic E-state index is 0.557. The highest BCUT2D eigenvalue weighted by Gasteiger charge is 2.16. The van der Waals surface area contributed by atoms with Crippen molar-refractivity contribution in [2.75, 3.05) is 64.2 Å². The minimum atomic E-state index is 0.557. The van der Waals surface area contributed by atoms with Crippen LogP contribution in [0.25, 0.3) is 0 Å². The number of likely N-dealkylation sites (N-methyl/N-ethyl adjacent to an activating group) is 1. The molecule has 2 aromatic rings. The van der Waals surface area contributed by atoms with Gasteiger partial charge in [-0.1, -0.05) is 6.07 Å². The van der Waals surface area contributed by atoms with Crippen molar-refractivity contribution in [3.63, 3.8) is 0 Å². The van der Waals surface area contributed by atoms with Gasteiger partial charge in [0.05, 0.1) is 20.4 Å². The zero-order valence-electron chi connectivity index (χ0n) is 15.6. The highest BCUT2D eigenvalue weighted by atomic mass is 16.5. The van der Waals surface area contributed by atoms with Crippen LogP contribution in [0.2, 0.25) is 0 Å². The van der Waals surface area contributed by atoms with Gasteiger partial charge in [-0.15, -0.1) is 5.10 Å². The van der Waals surface area contributed by atoms with Gasteiger partial charge in [-0.05, 0) is 31.2 Å². The fourth-order valence-electron chi connectivity index (χ4n) is 2.91. The molecule has 0 amide bonds. The Kier molecular flexibility index (Phi) is 6.06. The quantitative estimate of drug-likeness (QED) is 0.794. The molecule has 1 aromatic heterocycles. The van der Waals surface area contributed by atoms with Gasteiger partial charge in [-0.25, -0.2) is 0 Å². The predicted octanol–water partition coefficient (Wildman–Crippen LogP) is 1.30. The van der Waals surface area contributed by atoms with E-state index in [1.165, 1.54) is 0 Å². The number of piperazine rings is 1. The van der Waals surface area contributed by atoms with Gasteiger partial charge in [-0.2, -0.15) is 10.1 Å². The van der Waals surface area contributed by atoms with Crippen LogP contribution in [0.4, 0.5) is 11.8 Å². The number of anilines is 2. The third-order valence-corrected chi connectivity index (χ3v) is 4.52. The van der Waals surface area contributed by atoms with Crippen LogP contribution in [0.1, 0.15) is 5.56 Å². The molecular weight excluding hydrogens is 332 g/mol. The largest absolute Gasteiger partial charge is 0.493 e. The average molecular weight is 358 g/mol. The molecule has 1 aliphatic rings. The van der Waals surface area contributed by atoms with Crippen LogP contribution in [0.3, 0.4) is 0 Å². The van der Waals surface area contributed by atoms with Gasteiger partial charge in [0.15, 0.2) is 17.3 Å². The second-order valence-corrected chi connectivity index (χ2v) is 6.29. The third kappa shape index (κ3) is 4.51. The lowest BCUT2D eigenvalue weighted by Crippen LogP contribution is -2.44. The summed E-state index contributed by atoms with van der Waals surface area (Å²) in [5.41, 5.74) is 1.15. The van der Waals surface area contributed by atoms with Crippen molar-refractivity contribution in [2.24, 2.45) is 0 Å². The number of methoxy groups -OCH3 is 2. The highest BCUT2D eigenvalue weighted by Crippen LogP contribution is 2.27. The molecular formula is C18H26N6O2. The summed E-state index contributed by atoms with van der Waals surface area (Å²) >= 11 is 0. The van der Waals surface area contributed by atoms with Crippen LogP contribution < -0.4 is 19.7 Å². The van der Waals surface area contributed by atoms with E-state index >= 15 is 0 Å². The minimum Gasteiger partial charge on any atom is -0.493 e. The zero-order valence-corrected chi connectivity index (χ0v) is 15.6. The second-order valence-electron chi connectivity index (χ2n) is 6.29. The number of ether oxygens (including phenoxy) is 2. The Morgan fingerprint density at radius 2 is 1.85 bits per heavy atom. The molecule has 1 fully saturated rings. The summed E-state index contributed by atoms with van der Waals surface area (Å²) < 4.78 is 10.6. The number of aromatic nitrogens is 3. The number of nitrogens with zero attached hydrogens (tertiary/aromatic N) is 5. The molecule has 1 N–H and O–H groups in total. The molecule has 0 spiro atoms. The van der Waals surface area contributed by atoms with Crippen molar-refractivity contribution in [2.45, 2.75) is 6.42 Å². The molecule has 1 saturated heterocycles. The summed E-state index contributed by atoms with van der Waals surface area (Å²) in [6, 6.07) is 5.93. The first-order valence-electron chi connectivity index (χ1n) is 8.77. The van der Waals surface area contributed by atoms with E-state index in [-0.39, 0.29) is 0 Å². The molecule has 0 aliphatic carbocycles. The number of nitrogens with one attached hydrogen (secondary N) is 1. The van der Waals surface area contributed by atoms with E-state index in [4.69, 9.17) is 9.47 Å². The summed E-state index contributed by atoms with van der Waals surface area (Å²) in [6.45, 7) is 4.70. The zero-order chi connectivity index (χ0) is 18.4. The van der Waals surface area contributed by atoms with Crippen molar-refractivity contribution in [1.29, 1.82) is 0 Å². The van der Waals surface area contributed by atoms with Crippen LogP contribution in [0.5, 0.6) is 11.5 Å². The fraction of sp³-hybridized carbons (Fsp3) is 0.500. The monoisotopic (exact) mass is 358 g/mol. The number of benzene rings is 1. The maximum Gasteiger partial charge on any atom is 0.244 e. The second kappa shape index (κ2) is 8.66. The highest BCUT2D eigenvalue weighted by molar-refractivity contribution is 5.43. The lowest BCUT2D eigenvalue weighted by Gasteiger charge is -2.32. The van der Waals surface area contributed by atoms with Crippen molar-refractivity contribution >= 4 is 11.8 Å². The van der Waals surface area contributed by atoms with Crippen molar-refractivity contribution in [3.05, 3.63) is 30.0 Å². The predicted molar refractivity (Wildman–Crippen MR) is 101 cm³/mol. The molecule has 26 heavy (non-hydrogen) atoms. The van der Waals surface area contributed by atoms with Gasteiger partial charge >= 0.3 is 0 Å². The van der Waals surface area contributed by atoms with Crippen LogP contribution in [-0.2, 0) is 6.42 Å². The van der Waals surface area contributed by atoms with Gasteiger partial charge in [0.25, 0.3) is 0 Å². The van der Waals surface area contributed by atoms with Crippen LogP contribution >= 0.6 is 0 Å². The number of hydrogen-bond donors (Lipinski definition) is 1. The molecule has 1 aromatic carbocycles. The maximum absolute atomic E-state index is 5.34. The lowest BCUT2D eigenvalue weighted by atomic mass is 10.1. The fourth-order valence-corrected chi connectivity index (χ4v) is 2.91. The first kappa shape index (κ1) is 18.2. The van der Waals surface area contributed by atoms with Gasteiger partial charge < -0.3 is 24.6 Å². The Morgan fingerprint density at radius 3 is 2.58 bits per heavy atom. The van der Waals surface area contributed by atoms with E-state index in [1.54, 1.807) is 20.4 Å². The maximum atomic E-state index is 5.34. The molecule has 0 unspecified atom stereocenters. The molecule has 3 rings (SSSR count). The topological polar surface area (TPSA) is 75.6 Å². The van der Waals surface area contributed by atoms with Gasteiger partial charge in [0.2, 0.25) is 5.95 Å². The Morgan fingerprint density at radius 1 is 1.08 bits per heavy atom. The number of rotatable bonds is 7. The molecule has 2 heterocycles. The lowest BCUT2D eigenvalue weighted by molar-refractivity contribution is 0.312. The molecule has 0 radical (unpaired) electrons. The van der Waals surface area contributed by atoms with E-state index in [9.17, 15) is 0 Å². The summed E-state index contributed by atoms with van der Waals surface area (Å²) in [5, 5.41) is 11.4. The van der Waals surface area contributed by atoms with Crippen LogP contribution in [-0.4, -0.2) is 74.1 Å². The van der Waals surface area contributed by atoms with Crippen molar-refractivity contribution < 1.29 is 9.47 Å². The molecule has 8 heteroatoms. The van der Waals surface area contributed by atoms with Crippen molar-refractivity contribution in [1.82, 2.24) is 20.1 Å². The standard InChI is InChI=1S/C18H26N6O2/c1-23-8-10-24(11-9-23)17-13-20-22-18(21-17)19-7-6-14-4-5-15(25-2)16(12-14)26-3/h4-5,12-13H,6-11H2,1-3H3,(H,19,21,22). The Balaban J connectivity index is 1.56. The van der Waals surface area contributed by atoms with E-state index in [1.807, 2.05) is 18.2 Å². The smallest absolute Gasteiger partial charge is 0.244 e. The first-order chi connectivity index (χ1) is 12.7. The third-order valence-electron chi connectivity index (χ3n) is 4.52. The molecule has 0 atom stereocenters. The Hall–Kier alpha value is -2.61. The molecule has 0 saturated carbocycles. The Labute approximate surface area is 154 Å². The molecule has 0 bridgehead atoms. The van der Waals surface area contributed by atoms with Gasteiger partial charge in [-0.3, -0.25) is 0 Å². The summed E-state index contributed by atoms with van der Waals surface area (Å²) in [6.07, 6.45) is 2.55. The number of hydrogen-bond acceptors (Lipinski definition) is 8. The summed E-state index contributed by atoms with van der Waals surface area (Å²) in [4.78, 5) is 9.15. The van der Waals surface area contributed by atoms with Gasteiger partial charge in [0.1, 0.15) is 0 Å². The van der Waals surface area contributed by atoms with Gasteiger partial charge in [0, 0.05) is 32.7 Å². The molecule has 140 valence electrons. The van der Waals surface area contributed by atoms with Crippen LogP contribution in [0, 0.1) is 0 Å². The first-order valence-corrected chi connectivity index (χ1v) is 8.77. The van der Waals surface area contributed by atoms with Crippen LogP contribution in [0.15, 0.2) is 24.4 Å². The summed E-state index contributed by atoms with van der Waals surface area (Å²) in [7, 11) is 5.41. The van der Waals surface area contributed by atoms with E-state index in [2.05, 4.69) is 37.3 Å². The SMILES string of the molecule is COc1ccc(CCNc2nncc(N3CCN(C)CC3)n2)cc1OC.